The highest BCUT2D eigenvalue weighted by Gasteiger charge is 2.01. The average molecular weight is 224 g/mol. The van der Waals surface area contributed by atoms with E-state index in [4.69, 9.17) is 15.9 Å². The molecule has 82 valence electrons. The van der Waals surface area contributed by atoms with Crippen LogP contribution in [0.15, 0.2) is 18.2 Å². The molecular formula is C11H16N2OS. The van der Waals surface area contributed by atoms with Crippen LogP contribution in [0.4, 0.5) is 0 Å². The molecule has 4 heteroatoms. The SMILES string of the molecule is CCOc1ccc(CSC(=N)N)c(C)c1. The third kappa shape index (κ3) is 3.83. The lowest BCUT2D eigenvalue weighted by Crippen LogP contribution is -2.04. The minimum atomic E-state index is 0.156. The predicted molar refractivity (Wildman–Crippen MR) is 65.6 cm³/mol. The molecule has 0 aromatic heterocycles. The van der Waals surface area contributed by atoms with Gasteiger partial charge in [0.25, 0.3) is 0 Å². The fourth-order valence-electron chi connectivity index (χ4n) is 1.24. The summed E-state index contributed by atoms with van der Waals surface area (Å²) in [6.07, 6.45) is 0. The first-order valence-corrected chi connectivity index (χ1v) is 5.81. The molecule has 0 aliphatic heterocycles. The van der Waals surface area contributed by atoms with Crippen LogP contribution in [-0.2, 0) is 5.75 Å². The number of nitrogens with one attached hydrogen (secondary N) is 1. The minimum Gasteiger partial charge on any atom is -0.494 e. The van der Waals surface area contributed by atoms with Gasteiger partial charge in [0.05, 0.1) is 6.61 Å². The molecule has 1 aromatic rings. The van der Waals surface area contributed by atoms with Crippen LogP contribution in [0.2, 0.25) is 0 Å². The van der Waals surface area contributed by atoms with Crippen molar-refractivity contribution in [3.63, 3.8) is 0 Å². The summed E-state index contributed by atoms with van der Waals surface area (Å²) in [6, 6.07) is 5.99. The largest absolute Gasteiger partial charge is 0.494 e. The number of thioether (sulfide) groups is 1. The van der Waals surface area contributed by atoms with Gasteiger partial charge in [0, 0.05) is 5.75 Å². The van der Waals surface area contributed by atoms with E-state index in [1.807, 2.05) is 32.0 Å². The molecule has 0 aliphatic carbocycles. The molecule has 0 atom stereocenters. The van der Waals surface area contributed by atoms with Crippen LogP contribution in [0.3, 0.4) is 0 Å². The topological polar surface area (TPSA) is 59.1 Å². The Balaban J connectivity index is 2.70. The Morgan fingerprint density at radius 1 is 1.53 bits per heavy atom. The first kappa shape index (κ1) is 11.9. The lowest BCUT2D eigenvalue weighted by Gasteiger charge is -2.08. The summed E-state index contributed by atoms with van der Waals surface area (Å²) in [5, 5.41) is 7.29. The molecule has 0 unspecified atom stereocenters. The fourth-order valence-corrected chi connectivity index (χ4v) is 1.88. The number of nitrogens with two attached hydrogens (primary N) is 1. The van der Waals surface area contributed by atoms with E-state index in [1.165, 1.54) is 22.9 Å². The number of aryl methyl sites for hydroxylation is 1. The van der Waals surface area contributed by atoms with Crippen LogP contribution in [0, 0.1) is 12.3 Å². The summed E-state index contributed by atoms with van der Waals surface area (Å²) < 4.78 is 5.39. The summed E-state index contributed by atoms with van der Waals surface area (Å²) >= 11 is 1.34. The normalized spacial score (nSPS) is 10.0. The average Bonchev–Trinajstić information content (AvgIpc) is 2.17. The second-order valence-electron chi connectivity index (χ2n) is 3.17. The molecule has 1 aromatic carbocycles. The molecule has 0 aliphatic rings. The molecule has 0 bridgehead atoms. The van der Waals surface area contributed by atoms with Crippen LogP contribution in [0.1, 0.15) is 18.1 Å². The van der Waals surface area contributed by atoms with Crippen LogP contribution >= 0.6 is 11.8 Å². The minimum absolute atomic E-state index is 0.156. The summed E-state index contributed by atoms with van der Waals surface area (Å²) in [5.74, 6) is 1.64. The Labute approximate surface area is 94.5 Å². The van der Waals surface area contributed by atoms with E-state index in [1.54, 1.807) is 0 Å². The van der Waals surface area contributed by atoms with Gasteiger partial charge in [0.1, 0.15) is 5.75 Å². The van der Waals surface area contributed by atoms with Gasteiger partial charge in [-0.2, -0.15) is 0 Å². The molecule has 3 N–H and O–H groups in total. The van der Waals surface area contributed by atoms with Gasteiger partial charge in [-0.15, -0.1) is 0 Å². The molecule has 0 heterocycles. The van der Waals surface area contributed by atoms with Gasteiger partial charge in [-0.25, -0.2) is 0 Å². The monoisotopic (exact) mass is 224 g/mol. The third-order valence-electron chi connectivity index (χ3n) is 2.01. The summed E-state index contributed by atoms with van der Waals surface area (Å²) in [6.45, 7) is 4.69. The lowest BCUT2D eigenvalue weighted by molar-refractivity contribution is 0.340. The molecular weight excluding hydrogens is 208 g/mol. The first-order valence-electron chi connectivity index (χ1n) is 4.82. The van der Waals surface area contributed by atoms with Crippen LogP contribution in [-0.4, -0.2) is 11.8 Å². The maximum absolute atomic E-state index is 7.14. The van der Waals surface area contributed by atoms with Crippen molar-refractivity contribution in [3.05, 3.63) is 29.3 Å². The fraction of sp³-hybridized carbons (Fsp3) is 0.364. The molecule has 0 amide bonds. The highest BCUT2D eigenvalue weighted by molar-refractivity contribution is 8.13. The molecule has 0 radical (unpaired) electrons. The van der Waals surface area contributed by atoms with Crippen molar-refractivity contribution in [1.82, 2.24) is 0 Å². The van der Waals surface area contributed by atoms with Gasteiger partial charge in [-0.05, 0) is 37.1 Å². The van der Waals surface area contributed by atoms with E-state index < -0.39 is 0 Å². The van der Waals surface area contributed by atoms with E-state index in [0.717, 1.165) is 11.5 Å². The van der Waals surface area contributed by atoms with Crippen molar-refractivity contribution in [2.75, 3.05) is 6.61 Å². The summed E-state index contributed by atoms with van der Waals surface area (Å²) in [4.78, 5) is 0. The van der Waals surface area contributed by atoms with Crippen molar-refractivity contribution in [1.29, 1.82) is 5.41 Å². The van der Waals surface area contributed by atoms with Gasteiger partial charge < -0.3 is 10.5 Å². The standard InChI is InChI=1S/C11H16N2OS/c1-3-14-10-5-4-9(8(2)6-10)7-15-11(12)13/h4-6H,3,7H2,1-2H3,(H3,12,13). The Morgan fingerprint density at radius 3 is 2.80 bits per heavy atom. The molecule has 3 nitrogen and oxygen atoms in total. The van der Waals surface area contributed by atoms with E-state index >= 15 is 0 Å². The van der Waals surface area contributed by atoms with Crippen molar-refractivity contribution in [3.8, 4) is 5.75 Å². The second-order valence-corrected chi connectivity index (χ2v) is 4.19. The van der Waals surface area contributed by atoms with Gasteiger partial charge in [-0.1, -0.05) is 17.8 Å². The van der Waals surface area contributed by atoms with Crippen molar-refractivity contribution < 1.29 is 4.74 Å². The molecule has 0 fully saturated rings. The number of hydrogen-bond donors (Lipinski definition) is 2. The summed E-state index contributed by atoms with van der Waals surface area (Å²) in [5.41, 5.74) is 7.66. The quantitative estimate of drug-likeness (QED) is 0.610. The highest BCUT2D eigenvalue weighted by atomic mass is 32.2. The number of hydrogen-bond acceptors (Lipinski definition) is 3. The van der Waals surface area contributed by atoms with E-state index in [0.29, 0.717) is 6.61 Å². The van der Waals surface area contributed by atoms with E-state index in [-0.39, 0.29) is 5.17 Å². The summed E-state index contributed by atoms with van der Waals surface area (Å²) in [7, 11) is 0. The highest BCUT2D eigenvalue weighted by Crippen LogP contribution is 2.21. The van der Waals surface area contributed by atoms with Crippen molar-refractivity contribution in [2.24, 2.45) is 5.73 Å². The smallest absolute Gasteiger partial charge is 0.151 e. The molecule has 0 saturated carbocycles. The first-order chi connectivity index (χ1) is 7.13. The van der Waals surface area contributed by atoms with E-state index in [2.05, 4.69) is 0 Å². The van der Waals surface area contributed by atoms with Crippen LogP contribution < -0.4 is 10.5 Å². The van der Waals surface area contributed by atoms with Gasteiger partial charge in [0.15, 0.2) is 5.17 Å². The van der Waals surface area contributed by atoms with Gasteiger partial charge >= 0.3 is 0 Å². The zero-order valence-corrected chi connectivity index (χ0v) is 9.86. The van der Waals surface area contributed by atoms with Gasteiger partial charge in [-0.3, -0.25) is 5.41 Å². The zero-order chi connectivity index (χ0) is 11.3. The third-order valence-corrected chi connectivity index (χ3v) is 2.77. The lowest BCUT2D eigenvalue weighted by atomic mass is 10.1. The Hall–Kier alpha value is -1.16. The Bertz CT molecular complexity index is 352. The number of rotatable bonds is 4. The van der Waals surface area contributed by atoms with Gasteiger partial charge in [0.2, 0.25) is 0 Å². The second kappa shape index (κ2) is 5.66. The molecule has 15 heavy (non-hydrogen) atoms. The van der Waals surface area contributed by atoms with Crippen molar-refractivity contribution in [2.45, 2.75) is 19.6 Å². The number of ether oxygens (including phenoxy) is 1. The predicted octanol–water partition coefficient (Wildman–Crippen LogP) is 2.52. The van der Waals surface area contributed by atoms with Crippen molar-refractivity contribution >= 4 is 16.9 Å². The number of benzene rings is 1. The molecule has 0 saturated heterocycles. The molecule has 0 spiro atoms. The maximum Gasteiger partial charge on any atom is 0.151 e. The molecule has 1 rings (SSSR count). The number of amidine groups is 1. The zero-order valence-electron chi connectivity index (χ0n) is 9.04. The Morgan fingerprint density at radius 2 is 2.27 bits per heavy atom. The Kier molecular flexibility index (Phi) is 4.49. The maximum atomic E-state index is 7.14. The van der Waals surface area contributed by atoms with Crippen LogP contribution in [0.25, 0.3) is 0 Å². The van der Waals surface area contributed by atoms with E-state index in [9.17, 15) is 0 Å². The van der Waals surface area contributed by atoms with Crippen LogP contribution in [0.5, 0.6) is 5.75 Å².